The molecule has 0 bridgehead atoms. The highest BCUT2D eigenvalue weighted by Crippen LogP contribution is 2.20. The molecule has 1 aromatic carbocycles. The monoisotopic (exact) mass is 303 g/mol. The van der Waals surface area contributed by atoms with Gasteiger partial charge in [0.15, 0.2) is 0 Å². The number of hydrogen-bond acceptors (Lipinski definition) is 2. The average molecular weight is 304 g/mol. The largest absolute Gasteiger partial charge is 0.338 e. The minimum atomic E-state index is -0.0711. The van der Waals surface area contributed by atoms with E-state index in [4.69, 9.17) is 11.6 Å². The van der Waals surface area contributed by atoms with Crippen LogP contribution in [0.3, 0.4) is 0 Å². The van der Waals surface area contributed by atoms with Crippen molar-refractivity contribution in [3.8, 4) is 0 Å². The molecule has 2 rings (SSSR count). The van der Waals surface area contributed by atoms with Gasteiger partial charge in [-0.25, -0.2) is 0 Å². The van der Waals surface area contributed by atoms with Crippen LogP contribution in [-0.4, -0.2) is 27.6 Å². The van der Waals surface area contributed by atoms with Crippen molar-refractivity contribution >= 4 is 23.6 Å². The van der Waals surface area contributed by atoms with E-state index >= 15 is 0 Å². The molecule has 2 aromatic rings. The molecule has 0 unspecified atom stereocenters. The van der Waals surface area contributed by atoms with Gasteiger partial charge in [0.25, 0.3) is 0 Å². The molecule has 0 aliphatic heterocycles. The lowest BCUT2D eigenvalue weighted by Crippen LogP contribution is -2.24. The Morgan fingerprint density at radius 1 is 1.38 bits per heavy atom. The third-order valence-corrected chi connectivity index (χ3v) is 3.68. The predicted molar refractivity (Wildman–Crippen MR) is 84.9 cm³/mol. The highest BCUT2D eigenvalue weighted by atomic mass is 35.5. The number of hydrogen-bond donors (Lipinski definition) is 0. The second kappa shape index (κ2) is 6.59. The van der Waals surface area contributed by atoms with Crippen LogP contribution >= 0.6 is 11.6 Å². The Morgan fingerprint density at radius 3 is 2.62 bits per heavy atom. The highest BCUT2D eigenvalue weighted by Gasteiger charge is 2.10. The van der Waals surface area contributed by atoms with Crippen LogP contribution in [0.5, 0.6) is 0 Å². The summed E-state index contributed by atoms with van der Waals surface area (Å²) < 4.78 is 1.59. The summed E-state index contributed by atoms with van der Waals surface area (Å²) in [5.74, 6) is -0.0711. The van der Waals surface area contributed by atoms with Gasteiger partial charge in [-0.05, 0) is 18.6 Å². The van der Waals surface area contributed by atoms with Crippen LogP contribution in [0.15, 0.2) is 36.4 Å². The van der Waals surface area contributed by atoms with Crippen LogP contribution in [0.1, 0.15) is 16.8 Å². The van der Waals surface area contributed by atoms with Crippen molar-refractivity contribution in [1.29, 1.82) is 0 Å². The molecule has 1 amide bonds. The Kier molecular flexibility index (Phi) is 4.81. The predicted octanol–water partition coefficient (Wildman–Crippen LogP) is 3.05. The van der Waals surface area contributed by atoms with E-state index in [2.05, 4.69) is 5.10 Å². The number of aromatic nitrogens is 2. The molecule has 0 N–H and O–H groups in total. The molecule has 1 aromatic heterocycles. The Morgan fingerprint density at radius 2 is 2.05 bits per heavy atom. The molecule has 110 valence electrons. The smallest absolute Gasteiger partial charge is 0.246 e. The minimum absolute atomic E-state index is 0.0711. The Labute approximate surface area is 129 Å². The topological polar surface area (TPSA) is 38.1 Å². The van der Waals surface area contributed by atoms with Gasteiger partial charge in [0, 0.05) is 32.3 Å². The molecule has 0 aliphatic rings. The van der Waals surface area contributed by atoms with E-state index in [1.54, 1.807) is 29.8 Å². The molecule has 0 saturated carbocycles. The van der Waals surface area contributed by atoms with E-state index in [9.17, 15) is 4.79 Å². The Bertz CT molecular complexity index is 662. The van der Waals surface area contributed by atoms with Gasteiger partial charge in [-0.1, -0.05) is 41.9 Å². The third-order valence-electron chi connectivity index (χ3n) is 3.23. The fourth-order valence-corrected chi connectivity index (χ4v) is 2.29. The summed E-state index contributed by atoms with van der Waals surface area (Å²) in [5, 5.41) is 4.74. The molecule has 1 heterocycles. The van der Waals surface area contributed by atoms with E-state index in [0.29, 0.717) is 11.7 Å². The summed E-state index contributed by atoms with van der Waals surface area (Å²) in [6, 6.07) is 9.87. The van der Waals surface area contributed by atoms with E-state index < -0.39 is 0 Å². The number of likely N-dealkylation sites (N-methyl/N-ethyl adjacent to an activating group) is 1. The first kappa shape index (κ1) is 15.3. The maximum Gasteiger partial charge on any atom is 0.246 e. The van der Waals surface area contributed by atoms with Crippen molar-refractivity contribution in [3.63, 3.8) is 0 Å². The fourth-order valence-electron chi connectivity index (χ4n) is 2.05. The zero-order valence-electron chi connectivity index (χ0n) is 12.4. The van der Waals surface area contributed by atoms with E-state index in [1.807, 2.05) is 37.3 Å². The molecule has 5 heteroatoms. The van der Waals surface area contributed by atoms with E-state index in [-0.39, 0.29) is 5.91 Å². The van der Waals surface area contributed by atoms with Crippen LogP contribution < -0.4 is 0 Å². The average Bonchev–Trinajstić information content (AvgIpc) is 2.71. The van der Waals surface area contributed by atoms with Gasteiger partial charge in [0.05, 0.1) is 5.69 Å². The molecule has 0 spiro atoms. The summed E-state index contributed by atoms with van der Waals surface area (Å²) in [6.07, 6.45) is 3.24. The van der Waals surface area contributed by atoms with Crippen LogP contribution in [0, 0.1) is 6.92 Å². The number of aryl methyl sites for hydroxylation is 2. The lowest BCUT2D eigenvalue weighted by molar-refractivity contribution is -0.125. The number of nitrogens with zero attached hydrogens (tertiary/aromatic N) is 3. The van der Waals surface area contributed by atoms with Gasteiger partial charge in [-0.2, -0.15) is 5.10 Å². The maximum absolute atomic E-state index is 12.1. The number of halogens is 1. The molecule has 0 saturated heterocycles. The van der Waals surface area contributed by atoms with Gasteiger partial charge in [0.1, 0.15) is 5.15 Å². The summed E-state index contributed by atoms with van der Waals surface area (Å²) in [7, 11) is 3.55. The van der Waals surface area contributed by atoms with Gasteiger partial charge in [0.2, 0.25) is 5.91 Å². The fraction of sp³-hybridized carbons (Fsp3) is 0.250. The van der Waals surface area contributed by atoms with Crippen LogP contribution in [0.25, 0.3) is 6.08 Å². The summed E-state index contributed by atoms with van der Waals surface area (Å²) in [5.41, 5.74) is 2.68. The van der Waals surface area contributed by atoms with Crippen molar-refractivity contribution in [1.82, 2.24) is 14.7 Å². The van der Waals surface area contributed by atoms with Crippen molar-refractivity contribution < 1.29 is 4.79 Å². The van der Waals surface area contributed by atoms with Crippen LogP contribution in [-0.2, 0) is 18.4 Å². The van der Waals surface area contributed by atoms with Gasteiger partial charge >= 0.3 is 0 Å². The molecule has 4 nitrogen and oxygen atoms in total. The maximum atomic E-state index is 12.1. The van der Waals surface area contributed by atoms with Crippen molar-refractivity contribution in [3.05, 3.63) is 58.4 Å². The molecule has 0 atom stereocenters. The molecule has 21 heavy (non-hydrogen) atoms. The number of carbonyl (C=O) groups is 1. The number of benzene rings is 1. The lowest BCUT2D eigenvalue weighted by Gasteiger charge is -2.14. The molecular formula is C16H18ClN3O. The highest BCUT2D eigenvalue weighted by molar-refractivity contribution is 6.31. The lowest BCUT2D eigenvalue weighted by atomic mass is 10.2. The van der Waals surface area contributed by atoms with Crippen molar-refractivity contribution in [2.45, 2.75) is 13.5 Å². The van der Waals surface area contributed by atoms with Crippen molar-refractivity contribution in [2.75, 3.05) is 7.05 Å². The van der Waals surface area contributed by atoms with Gasteiger partial charge in [-0.3, -0.25) is 9.48 Å². The van der Waals surface area contributed by atoms with Crippen LogP contribution in [0.4, 0.5) is 0 Å². The summed E-state index contributed by atoms with van der Waals surface area (Å²) >= 11 is 6.13. The molecular weight excluding hydrogens is 286 g/mol. The zero-order valence-corrected chi connectivity index (χ0v) is 13.1. The first-order valence-electron chi connectivity index (χ1n) is 6.65. The second-order valence-electron chi connectivity index (χ2n) is 4.93. The zero-order chi connectivity index (χ0) is 15.4. The van der Waals surface area contributed by atoms with Gasteiger partial charge < -0.3 is 4.90 Å². The molecule has 0 radical (unpaired) electrons. The van der Waals surface area contributed by atoms with E-state index in [1.165, 1.54) is 6.08 Å². The SMILES string of the molecule is Cc1nn(C)c(Cl)c1/C=C/C(=O)N(C)Cc1ccccc1. The molecule has 0 aliphatic carbocycles. The van der Waals surface area contributed by atoms with E-state index in [0.717, 1.165) is 16.8 Å². The Hall–Kier alpha value is -2.07. The first-order valence-corrected chi connectivity index (χ1v) is 7.03. The number of amides is 1. The minimum Gasteiger partial charge on any atom is -0.338 e. The normalized spacial score (nSPS) is 11.0. The standard InChI is InChI=1S/C16H18ClN3O/c1-12-14(16(17)20(3)18-12)9-10-15(21)19(2)11-13-7-5-4-6-8-13/h4-10H,11H2,1-3H3/b10-9+. The van der Waals surface area contributed by atoms with Crippen LogP contribution in [0.2, 0.25) is 5.15 Å². The molecule has 0 fully saturated rings. The quantitative estimate of drug-likeness (QED) is 0.814. The Balaban J connectivity index is 2.05. The van der Waals surface area contributed by atoms with Crippen molar-refractivity contribution in [2.24, 2.45) is 7.05 Å². The second-order valence-corrected chi connectivity index (χ2v) is 5.28. The first-order chi connectivity index (χ1) is 9.99. The summed E-state index contributed by atoms with van der Waals surface area (Å²) in [6.45, 7) is 2.44. The number of carbonyl (C=O) groups excluding carboxylic acids is 1. The third kappa shape index (κ3) is 3.73. The number of rotatable bonds is 4. The van der Waals surface area contributed by atoms with Gasteiger partial charge in [-0.15, -0.1) is 0 Å². The summed E-state index contributed by atoms with van der Waals surface area (Å²) in [4.78, 5) is 13.8.